The summed E-state index contributed by atoms with van der Waals surface area (Å²) < 4.78 is 40.1. The monoisotopic (exact) mass is 448 g/mol. The summed E-state index contributed by atoms with van der Waals surface area (Å²) in [5.74, 6) is -0.480. The number of carbonyl (C=O) groups excluding carboxylic acids is 1. The third-order valence-corrected chi connectivity index (χ3v) is 4.72. The van der Waals surface area contributed by atoms with Gasteiger partial charge in [0, 0.05) is 6.07 Å². The van der Waals surface area contributed by atoms with E-state index < -0.39 is 34.3 Å². The molecule has 0 aliphatic carbocycles. The number of nitrogens with one attached hydrogen (secondary N) is 2. The Kier molecular flexibility index (Phi) is 6.42. The molecule has 1 unspecified atom stereocenters. The lowest BCUT2D eigenvalue weighted by Crippen LogP contribution is -2.39. The van der Waals surface area contributed by atoms with Crippen LogP contribution in [0.1, 0.15) is 31.0 Å². The number of carbonyl (C=O) groups is 1. The van der Waals surface area contributed by atoms with E-state index in [-0.39, 0.29) is 11.7 Å². The molecule has 2 atom stereocenters. The average molecular weight is 448 g/mol. The van der Waals surface area contributed by atoms with Crippen molar-refractivity contribution in [3.63, 3.8) is 0 Å². The fourth-order valence-corrected chi connectivity index (χ4v) is 2.96. The molecule has 3 rings (SSSR count). The summed E-state index contributed by atoms with van der Waals surface area (Å²) in [4.78, 5) is 26.7. The van der Waals surface area contributed by atoms with Crippen molar-refractivity contribution in [3.8, 4) is 5.69 Å². The van der Waals surface area contributed by atoms with Gasteiger partial charge in [0.15, 0.2) is 0 Å². The Morgan fingerprint density at radius 1 is 1.16 bits per heavy atom. The molecule has 2 N–H and O–H groups in total. The third-order valence-electron chi connectivity index (χ3n) is 4.72. The van der Waals surface area contributed by atoms with Crippen LogP contribution < -0.4 is 10.6 Å². The molecule has 32 heavy (non-hydrogen) atoms. The zero-order chi connectivity index (χ0) is 23.5. The third kappa shape index (κ3) is 5.20. The Hall–Kier alpha value is -3.96. The standard InChI is InChI=1S/C20H19F3N6O3/c1-12(14-3-6-16(7-4-14)28-11-24-10-25-28)27-19(30)13(2)26-17-8-5-15(20(21,22)23)9-18(17)29(31)32/h3-13,26H,1-2H3,(H,27,30)/t12?,13-/m1/s1. The molecular formula is C20H19F3N6O3. The zero-order valence-corrected chi connectivity index (χ0v) is 17.0. The van der Waals surface area contributed by atoms with Crippen LogP contribution in [0.2, 0.25) is 0 Å². The van der Waals surface area contributed by atoms with Crippen LogP contribution in [0.25, 0.3) is 5.69 Å². The topological polar surface area (TPSA) is 115 Å². The van der Waals surface area contributed by atoms with E-state index in [1.807, 2.05) is 0 Å². The van der Waals surface area contributed by atoms with E-state index in [1.165, 1.54) is 13.3 Å². The molecule has 0 saturated carbocycles. The van der Waals surface area contributed by atoms with Crippen LogP contribution in [0.5, 0.6) is 0 Å². The van der Waals surface area contributed by atoms with Gasteiger partial charge in [-0.25, -0.2) is 9.67 Å². The summed E-state index contributed by atoms with van der Waals surface area (Å²) in [6, 6.07) is 7.99. The van der Waals surface area contributed by atoms with E-state index in [0.29, 0.717) is 6.07 Å². The molecule has 1 amide bonds. The van der Waals surface area contributed by atoms with Crippen molar-refractivity contribution in [2.75, 3.05) is 5.32 Å². The van der Waals surface area contributed by atoms with Crippen LogP contribution in [0.3, 0.4) is 0 Å². The molecular weight excluding hydrogens is 429 g/mol. The van der Waals surface area contributed by atoms with Crippen molar-refractivity contribution >= 4 is 17.3 Å². The first-order valence-corrected chi connectivity index (χ1v) is 9.44. The van der Waals surface area contributed by atoms with Gasteiger partial charge < -0.3 is 10.6 Å². The van der Waals surface area contributed by atoms with Crippen LogP contribution in [-0.2, 0) is 11.0 Å². The number of amides is 1. The number of benzene rings is 2. The highest BCUT2D eigenvalue weighted by atomic mass is 19.4. The predicted octanol–water partition coefficient (Wildman–Crippen LogP) is 3.87. The van der Waals surface area contributed by atoms with Crippen molar-refractivity contribution in [1.82, 2.24) is 20.1 Å². The molecule has 3 aromatic rings. The average Bonchev–Trinajstić information content (AvgIpc) is 3.28. The van der Waals surface area contributed by atoms with Gasteiger partial charge >= 0.3 is 6.18 Å². The Morgan fingerprint density at radius 2 is 1.84 bits per heavy atom. The van der Waals surface area contributed by atoms with E-state index in [0.717, 1.165) is 23.4 Å². The zero-order valence-electron chi connectivity index (χ0n) is 17.0. The summed E-state index contributed by atoms with van der Waals surface area (Å²) in [6.07, 6.45) is -1.76. The Balaban J connectivity index is 1.67. The fraction of sp³-hybridized carbons (Fsp3) is 0.250. The van der Waals surface area contributed by atoms with Crippen molar-refractivity contribution in [2.45, 2.75) is 32.1 Å². The maximum atomic E-state index is 12.8. The van der Waals surface area contributed by atoms with Crippen molar-refractivity contribution < 1.29 is 22.9 Å². The van der Waals surface area contributed by atoms with Gasteiger partial charge in [-0.15, -0.1) is 0 Å². The van der Waals surface area contributed by atoms with E-state index in [1.54, 1.807) is 42.2 Å². The summed E-state index contributed by atoms with van der Waals surface area (Å²) in [6.45, 7) is 3.22. The molecule has 9 nitrogen and oxygen atoms in total. The van der Waals surface area contributed by atoms with Crippen LogP contribution in [-0.4, -0.2) is 31.6 Å². The number of nitro groups is 1. The number of rotatable bonds is 7. The Morgan fingerprint density at radius 3 is 2.41 bits per heavy atom. The van der Waals surface area contributed by atoms with Gasteiger partial charge in [0.25, 0.3) is 5.69 Å². The second kappa shape index (κ2) is 9.04. The number of nitro benzene ring substituents is 1. The first-order valence-electron chi connectivity index (χ1n) is 9.44. The van der Waals surface area contributed by atoms with Crippen LogP contribution in [0.15, 0.2) is 55.1 Å². The van der Waals surface area contributed by atoms with Crippen molar-refractivity contribution in [2.24, 2.45) is 0 Å². The molecule has 2 aromatic carbocycles. The van der Waals surface area contributed by atoms with E-state index >= 15 is 0 Å². The lowest BCUT2D eigenvalue weighted by Gasteiger charge is -2.20. The number of halogens is 3. The predicted molar refractivity (Wildman–Crippen MR) is 109 cm³/mol. The minimum atomic E-state index is -4.72. The summed E-state index contributed by atoms with van der Waals surface area (Å²) >= 11 is 0. The second-order valence-corrected chi connectivity index (χ2v) is 7.01. The van der Waals surface area contributed by atoms with Gasteiger partial charge in [-0.3, -0.25) is 14.9 Å². The Labute approximate surface area is 180 Å². The molecule has 0 saturated heterocycles. The molecule has 0 aliphatic rings. The van der Waals surface area contributed by atoms with Gasteiger partial charge in [0.2, 0.25) is 5.91 Å². The van der Waals surface area contributed by atoms with Crippen molar-refractivity contribution in [3.05, 3.63) is 76.4 Å². The first-order chi connectivity index (χ1) is 15.1. The number of aromatic nitrogens is 3. The minimum Gasteiger partial charge on any atom is -0.368 e. The number of alkyl halides is 3. The molecule has 1 aromatic heterocycles. The molecule has 0 aliphatic heterocycles. The summed E-state index contributed by atoms with van der Waals surface area (Å²) in [5.41, 5.74) is -0.508. The first kappa shape index (κ1) is 22.7. The van der Waals surface area contributed by atoms with Gasteiger partial charge in [-0.2, -0.15) is 18.3 Å². The SMILES string of the molecule is CC(NC(=O)[C@@H](C)Nc1ccc(C(F)(F)F)cc1[N+](=O)[O-])c1ccc(-n2cncn2)cc1. The fourth-order valence-electron chi connectivity index (χ4n) is 2.96. The van der Waals surface area contributed by atoms with Crippen molar-refractivity contribution in [1.29, 1.82) is 0 Å². The molecule has 0 radical (unpaired) electrons. The smallest absolute Gasteiger partial charge is 0.368 e. The molecule has 1 heterocycles. The lowest BCUT2D eigenvalue weighted by molar-refractivity contribution is -0.384. The molecule has 168 valence electrons. The molecule has 0 bridgehead atoms. The van der Waals surface area contributed by atoms with Crippen LogP contribution in [0, 0.1) is 10.1 Å². The maximum absolute atomic E-state index is 12.8. The van der Waals surface area contributed by atoms with Crippen LogP contribution in [0.4, 0.5) is 24.5 Å². The number of hydrogen-bond acceptors (Lipinski definition) is 6. The molecule has 12 heteroatoms. The maximum Gasteiger partial charge on any atom is 0.416 e. The number of nitrogens with zero attached hydrogens (tertiary/aromatic N) is 4. The minimum absolute atomic E-state index is 0.185. The number of hydrogen-bond donors (Lipinski definition) is 2. The molecule has 0 fully saturated rings. The van der Waals surface area contributed by atoms with E-state index in [4.69, 9.17) is 0 Å². The highest BCUT2D eigenvalue weighted by Crippen LogP contribution is 2.35. The highest BCUT2D eigenvalue weighted by Gasteiger charge is 2.33. The van der Waals surface area contributed by atoms with E-state index in [2.05, 4.69) is 20.7 Å². The van der Waals surface area contributed by atoms with Gasteiger partial charge in [-0.1, -0.05) is 12.1 Å². The quantitative estimate of drug-likeness (QED) is 0.419. The second-order valence-electron chi connectivity index (χ2n) is 7.01. The van der Waals surface area contributed by atoms with Crippen LogP contribution >= 0.6 is 0 Å². The van der Waals surface area contributed by atoms with Gasteiger partial charge in [0.1, 0.15) is 24.4 Å². The summed E-state index contributed by atoms with van der Waals surface area (Å²) in [5, 5.41) is 20.6. The van der Waals surface area contributed by atoms with Gasteiger partial charge in [-0.05, 0) is 43.7 Å². The normalized spacial score (nSPS) is 13.3. The summed E-state index contributed by atoms with van der Waals surface area (Å²) in [7, 11) is 0. The van der Waals surface area contributed by atoms with E-state index in [9.17, 15) is 28.1 Å². The highest BCUT2D eigenvalue weighted by molar-refractivity contribution is 5.85. The largest absolute Gasteiger partial charge is 0.416 e. The molecule has 0 spiro atoms. The lowest BCUT2D eigenvalue weighted by atomic mass is 10.1. The number of anilines is 1. The Bertz CT molecular complexity index is 1100. The van der Waals surface area contributed by atoms with Gasteiger partial charge in [0.05, 0.1) is 22.2 Å².